The predicted molar refractivity (Wildman–Crippen MR) is 124 cm³/mol. The lowest BCUT2D eigenvalue weighted by Crippen LogP contribution is -2.43. The molecule has 0 radical (unpaired) electrons. The van der Waals surface area contributed by atoms with Gasteiger partial charge in [-0.2, -0.15) is 10.5 Å². The van der Waals surface area contributed by atoms with Crippen LogP contribution < -0.4 is 5.32 Å². The van der Waals surface area contributed by atoms with Crippen molar-refractivity contribution in [3.8, 4) is 12.1 Å². The number of carbonyl (C=O) groups is 3. The molecule has 0 saturated carbocycles. The second-order valence-electron chi connectivity index (χ2n) is 9.05. The van der Waals surface area contributed by atoms with Crippen molar-refractivity contribution in [3.05, 3.63) is 51.5 Å². The highest BCUT2D eigenvalue weighted by atomic mass is 32.1. The SMILES string of the molecule is N#C[C@@H]1CC(F)(F)CN1C(=O)CNC(=O)c1csc(Cc2ccc(C(=O)N3CC(F)(F)C[C@@H]3C#N)cc2)n1. The molecule has 38 heavy (non-hydrogen) atoms. The fraction of sp³-hybridized carbons (Fsp3) is 0.417. The molecule has 2 aliphatic heterocycles. The van der Waals surface area contributed by atoms with E-state index in [9.17, 15) is 31.9 Å². The van der Waals surface area contributed by atoms with Crippen molar-refractivity contribution in [1.29, 1.82) is 10.5 Å². The highest BCUT2D eigenvalue weighted by molar-refractivity contribution is 7.09. The van der Waals surface area contributed by atoms with Crippen molar-refractivity contribution in [3.63, 3.8) is 0 Å². The zero-order valence-corrected chi connectivity index (χ0v) is 20.5. The number of benzene rings is 1. The van der Waals surface area contributed by atoms with Gasteiger partial charge in [0.1, 0.15) is 17.8 Å². The van der Waals surface area contributed by atoms with Crippen LogP contribution in [0.25, 0.3) is 0 Å². The minimum absolute atomic E-state index is 0.0192. The number of hydrogen-bond acceptors (Lipinski definition) is 7. The molecule has 198 valence electrons. The van der Waals surface area contributed by atoms with E-state index in [1.165, 1.54) is 28.8 Å². The summed E-state index contributed by atoms with van der Waals surface area (Å²) in [5.74, 6) is -8.42. The third-order valence-corrected chi connectivity index (χ3v) is 7.01. The normalized spacial score (nSPS) is 21.5. The van der Waals surface area contributed by atoms with E-state index >= 15 is 0 Å². The molecule has 2 aliphatic rings. The second-order valence-corrected chi connectivity index (χ2v) is 9.99. The standard InChI is InChI=1S/C24H20F4N6O3S/c25-23(26)6-16(8-29)33(12-23)20(35)10-31-21(36)18-11-38-19(32-18)5-14-1-3-15(4-2-14)22(37)34-13-24(27,28)7-17(34)9-30/h1-4,11,16-17H,5-7,10,12-13H2,(H,31,36)/t16-,17+/m0/s1. The maximum atomic E-state index is 13.7. The minimum atomic E-state index is -3.16. The number of alkyl halides is 4. The summed E-state index contributed by atoms with van der Waals surface area (Å²) in [7, 11) is 0. The summed E-state index contributed by atoms with van der Waals surface area (Å²) in [6.07, 6.45) is -1.15. The first-order valence-electron chi connectivity index (χ1n) is 11.4. The van der Waals surface area contributed by atoms with Crippen molar-refractivity contribution in [1.82, 2.24) is 20.1 Å². The Hall–Kier alpha value is -4.04. The van der Waals surface area contributed by atoms with Crippen molar-refractivity contribution >= 4 is 29.1 Å². The number of rotatable bonds is 6. The average molecular weight is 549 g/mol. The number of hydrogen-bond donors (Lipinski definition) is 1. The second kappa shape index (κ2) is 10.4. The van der Waals surface area contributed by atoms with Gasteiger partial charge in [-0.1, -0.05) is 12.1 Å². The number of likely N-dealkylation sites (tertiary alicyclic amines) is 2. The minimum Gasteiger partial charge on any atom is -0.342 e. The lowest BCUT2D eigenvalue weighted by Gasteiger charge is -2.19. The van der Waals surface area contributed by atoms with Crippen LogP contribution in [0.2, 0.25) is 0 Å². The molecule has 2 atom stereocenters. The molecule has 2 aromatic rings. The Morgan fingerprint density at radius 1 is 1.00 bits per heavy atom. The molecule has 0 aliphatic carbocycles. The zero-order chi connectivity index (χ0) is 27.7. The number of thiazole rings is 1. The van der Waals surface area contributed by atoms with Crippen LogP contribution in [-0.4, -0.2) is 76.1 Å². The Labute approximate surface area is 218 Å². The van der Waals surface area contributed by atoms with Crippen LogP contribution in [0.1, 0.15) is 44.3 Å². The van der Waals surface area contributed by atoms with Gasteiger partial charge < -0.3 is 15.1 Å². The largest absolute Gasteiger partial charge is 0.342 e. The molecule has 0 unspecified atom stereocenters. The zero-order valence-electron chi connectivity index (χ0n) is 19.7. The molecular weight excluding hydrogens is 528 g/mol. The van der Waals surface area contributed by atoms with Crippen molar-refractivity contribution in [2.24, 2.45) is 0 Å². The molecule has 0 bridgehead atoms. The average Bonchev–Trinajstić information content (AvgIpc) is 3.56. The number of amides is 3. The Balaban J connectivity index is 1.32. The molecule has 1 N–H and O–H groups in total. The van der Waals surface area contributed by atoms with E-state index in [1.807, 2.05) is 0 Å². The van der Waals surface area contributed by atoms with E-state index in [0.717, 1.165) is 15.4 Å². The first-order chi connectivity index (χ1) is 17.9. The molecule has 14 heteroatoms. The lowest BCUT2D eigenvalue weighted by molar-refractivity contribution is -0.131. The number of aromatic nitrogens is 1. The fourth-order valence-electron chi connectivity index (χ4n) is 4.29. The smallest absolute Gasteiger partial charge is 0.271 e. The fourth-order valence-corrected chi connectivity index (χ4v) is 5.10. The van der Waals surface area contributed by atoms with E-state index in [0.29, 0.717) is 11.4 Å². The van der Waals surface area contributed by atoms with Crippen LogP contribution in [-0.2, 0) is 11.2 Å². The van der Waals surface area contributed by atoms with Crippen LogP contribution in [0.3, 0.4) is 0 Å². The summed E-state index contributed by atoms with van der Waals surface area (Å²) in [6.45, 7) is -2.26. The van der Waals surface area contributed by atoms with Gasteiger partial charge in [0, 0.05) is 30.2 Å². The summed E-state index contributed by atoms with van der Waals surface area (Å²) >= 11 is 1.17. The highest BCUT2D eigenvalue weighted by Crippen LogP contribution is 2.33. The summed E-state index contributed by atoms with van der Waals surface area (Å²) in [4.78, 5) is 43.1. The molecular formula is C24H20F4N6O3S. The van der Waals surface area contributed by atoms with E-state index in [2.05, 4.69) is 10.3 Å². The van der Waals surface area contributed by atoms with Gasteiger partial charge in [0.15, 0.2) is 0 Å². The summed E-state index contributed by atoms with van der Waals surface area (Å²) < 4.78 is 54.4. The van der Waals surface area contributed by atoms with Gasteiger partial charge >= 0.3 is 0 Å². The van der Waals surface area contributed by atoms with Gasteiger partial charge in [-0.3, -0.25) is 14.4 Å². The molecule has 3 heterocycles. The quantitative estimate of drug-likeness (QED) is 0.553. The van der Waals surface area contributed by atoms with Crippen molar-refractivity contribution in [2.75, 3.05) is 19.6 Å². The summed E-state index contributed by atoms with van der Waals surface area (Å²) in [5.41, 5.74) is 0.898. The third-order valence-electron chi connectivity index (χ3n) is 6.16. The Morgan fingerprint density at radius 2 is 1.58 bits per heavy atom. The van der Waals surface area contributed by atoms with Gasteiger partial charge in [0.2, 0.25) is 5.91 Å². The molecule has 0 spiro atoms. The maximum absolute atomic E-state index is 13.7. The number of nitriles is 2. The third kappa shape index (κ3) is 5.92. The predicted octanol–water partition coefficient (Wildman–Crippen LogP) is 2.60. The van der Waals surface area contributed by atoms with E-state index < -0.39 is 74.1 Å². The molecule has 9 nitrogen and oxygen atoms in total. The number of nitrogens with one attached hydrogen (secondary N) is 1. The molecule has 1 aromatic heterocycles. The van der Waals surface area contributed by atoms with Gasteiger partial charge in [0.25, 0.3) is 23.7 Å². The van der Waals surface area contributed by atoms with Gasteiger partial charge in [-0.15, -0.1) is 11.3 Å². The Morgan fingerprint density at radius 3 is 2.18 bits per heavy atom. The first kappa shape index (κ1) is 27.0. The van der Waals surface area contributed by atoms with Crippen LogP contribution >= 0.6 is 11.3 Å². The van der Waals surface area contributed by atoms with Gasteiger partial charge in [0.05, 0.1) is 36.8 Å². The number of carbonyl (C=O) groups excluding carboxylic acids is 3. The molecule has 3 amide bonds. The molecule has 2 saturated heterocycles. The molecule has 1 aromatic carbocycles. The van der Waals surface area contributed by atoms with E-state index in [1.54, 1.807) is 24.3 Å². The van der Waals surface area contributed by atoms with Crippen molar-refractivity contribution < 1.29 is 31.9 Å². The van der Waals surface area contributed by atoms with Crippen LogP contribution in [0.5, 0.6) is 0 Å². The molecule has 4 rings (SSSR count). The van der Waals surface area contributed by atoms with E-state index in [4.69, 9.17) is 10.5 Å². The number of halogens is 4. The van der Waals surface area contributed by atoms with Crippen LogP contribution in [0.4, 0.5) is 17.6 Å². The monoisotopic (exact) mass is 548 g/mol. The van der Waals surface area contributed by atoms with Gasteiger partial charge in [-0.25, -0.2) is 22.5 Å². The molecule has 2 fully saturated rings. The summed E-state index contributed by atoms with van der Waals surface area (Å²) in [5, 5.41) is 22.4. The van der Waals surface area contributed by atoms with Crippen LogP contribution in [0, 0.1) is 22.7 Å². The van der Waals surface area contributed by atoms with E-state index in [-0.39, 0.29) is 11.3 Å². The van der Waals surface area contributed by atoms with Crippen LogP contribution in [0.15, 0.2) is 29.6 Å². The maximum Gasteiger partial charge on any atom is 0.271 e. The topological polar surface area (TPSA) is 130 Å². The number of nitrogens with zero attached hydrogens (tertiary/aromatic N) is 5. The lowest BCUT2D eigenvalue weighted by atomic mass is 10.1. The highest BCUT2D eigenvalue weighted by Gasteiger charge is 2.48. The van der Waals surface area contributed by atoms with Crippen molar-refractivity contribution in [2.45, 2.75) is 43.2 Å². The first-order valence-corrected chi connectivity index (χ1v) is 12.3. The summed E-state index contributed by atoms with van der Waals surface area (Å²) in [6, 6.07) is 7.09. The Bertz CT molecular complexity index is 1330. The van der Waals surface area contributed by atoms with Gasteiger partial charge in [-0.05, 0) is 17.7 Å². The Kier molecular flexibility index (Phi) is 7.37.